The number of rotatable bonds is 3. The molecule has 0 fully saturated rings. The maximum Gasteiger partial charge on any atom is 0.416 e. The van der Waals surface area contributed by atoms with Gasteiger partial charge < -0.3 is 4.98 Å². The van der Waals surface area contributed by atoms with Crippen molar-refractivity contribution >= 4 is 0 Å². The van der Waals surface area contributed by atoms with Gasteiger partial charge in [-0.3, -0.25) is 4.79 Å². The summed E-state index contributed by atoms with van der Waals surface area (Å²) in [5.74, 6) is 0.537. The Morgan fingerprint density at radius 2 is 1.85 bits per heavy atom. The minimum absolute atomic E-state index is 0.307. The molecule has 2 aromatic rings. The minimum Gasteiger partial charge on any atom is -0.311 e. The van der Waals surface area contributed by atoms with Gasteiger partial charge in [0, 0.05) is 18.1 Å². The van der Waals surface area contributed by atoms with Crippen molar-refractivity contribution in [3.8, 4) is 11.3 Å². The summed E-state index contributed by atoms with van der Waals surface area (Å²) in [6.07, 6.45) is -2.93. The van der Waals surface area contributed by atoms with Gasteiger partial charge in [-0.25, -0.2) is 4.98 Å². The van der Waals surface area contributed by atoms with Crippen LogP contribution in [0.4, 0.5) is 13.2 Å². The maximum absolute atomic E-state index is 12.5. The quantitative estimate of drug-likeness (QED) is 0.937. The van der Waals surface area contributed by atoms with Crippen LogP contribution in [0.5, 0.6) is 0 Å². The normalized spacial score (nSPS) is 11.6. The Morgan fingerprint density at radius 3 is 2.40 bits per heavy atom. The largest absolute Gasteiger partial charge is 0.416 e. The summed E-state index contributed by atoms with van der Waals surface area (Å²) in [5, 5.41) is 0. The fourth-order valence-corrected chi connectivity index (χ4v) is 1.84. The van der Waals surface area contributed by atoms with Gasteiger partial charge in [0.1, 0.15) is 5.82 Å². The third-order valence-corrected chi connectivity index (χ3v) is 2.79. The number of H-pyrrole nitrogens is 1. The zero-order valence-electron chi connectivity index (χ0n) is 10.8. The Labute approximate surface area is 113 Å². The molecule has 0 spiro atoms. The highest BCUT2D eigenvalue weighted by molar-refractivity contribution is 5.59. The van der Waals surface area contributed by atoms with Gasteiger partial charge in [0.2, 0.25) is 0 Å². The van der Waals surface area contributed by atoms with Crippen molar-refractivity contribution in [2.45, 2.75) is 25.9 Å². The van der Waals surface area contributed by atoms with Gasteiger partial charge in [0.15, 0.2) is 0 Å². The number of aromatic nitrogens is 2. The average Bonchev–Trinajstić information content (AvgIpc) is 2.37. The number of hydrogen-bond donors (Lipinski definition) is 1. The molecule has 1 heterocycles. The fraction of sp³-hybridized carbons (Fsp3) is 0.286. The number of aromatic amines is 1. The van der Waals surface area contributed by atoms with Gasteiger partial charge in [-0.05, 0) is 18.6 Å². The lowest BCUT2D eigenvalue weighted by Gasteiger charge is -2.08. The number of benzene rings is 1. The van der Waals surface area contributed by atoms with E-state index in [1.165, 1.54) is 18.2 Å². The van der Waals surface area contributed by atoms with Crippen LogP contribution in [0.15, 0.2) is 35.1 Å². The van der Waals surface area contributed by atoms with Gasteiger partial charge in [0.05, 0.1) is 11.3 Å². The predicted molar refractivity (Wildman–Crippen MR) is 69.3 cm³/mol. The topological polar surface area (TPSA) is 45.8 Å². The molecule has 20 heavy (non-hydrogen) atoms. The monoisotopic (exact) mass is 282 g/mol. The third-order valence-electron chi connectivity index (χ3n) is 2.79. The van der Waals surface area contributed by atoms with E-state index in [9.17, 15) is 18.0 Å². The van der Waals surface area contributed by atoms with E-state index < -0.39 is 11.7 Å². The van der Waals surface area contributed by atoms with Crippen molar-refractivity contribution in [2.75, 3.05) is 0 Å². The minimum atomic E-state index is -4.37. The highest BCUT2D eigenvalue weighted by Gasteiger charge is 2.30. The Morgan fingerprint density at radius 1 is 1.20 bits per heavy atom. The van der Waals surface area contributed by atoms with Crippen molar-refractivity contribution in [3.05, 3.63) is 52.1 Å². The summed E-state index contributed by atoms with van der Waals surface area (Å²) in [4.78, 5) is 18.4. The molecule has 0 saturated heterocycles. The standard InChI is InChI=1S/C14H13F3N2O/c1-2-3-12-18-11(8-13(20)19-12)9-4-6-10(7-5-9)14(15,16)17/h4-8H,2-3H2,1H3,(H,18,19,20). The van der Waals surface area contributed by atoms with E-state index >= 15 is 0 Å². The summed E-state index contributed by atoms with van der Waals surface area (Å²) in [5.41, 5.74) is -0.161. The van der Waals surface area contributed by atoms with Crippen LogP contribution in [0.1, 0.15) is 24.7 Å². The zero-order valence-corrected chi connectivity index (χ0v) is 10.8. The molecule has 0 atom stereocenters. The molecule has 0 aliphatic carbocycles. The maximum atomic E-state index is 12.5. The Bertz CT molecular complexity index is 645. The lowest BCUT2D eigenvalue weighted by Crippen LogP contribution is -2.11. The first-order valence-corrected chi connectivity index (χ1v) is 6.18. The number of nitrogens with zero attached hydrogens (tertiary/aromatic N) is 1. The van der Waals surface area contributed by atoms with Crippen LogP contribution in [0.2, 0.25) is 0 Å². The first-order chi connectivity index (χ1) is 9.40. The van der Waals surface area contributed by atoms with Gasteiger partial charge in [0.25, 0.3) is 5.56 Å². The van der Waals surface area contributed by atoms with E-state index in [2.05, 4.69) is 9.97 Å². The Hall–Kier alpha value is -2.11. The SMILES string of the molecule is CCCc1nc(-c2ccc(C(F)(F)F)cc2)cc(=O)[nH]1. The number of alkyl halides is 3. The second-order valence-electron chi connectivity index (χ2n) is 4.40. The lowest BCUT2D eigenvalue weighted by molar-refractivity contribution is -0.137. The molecule has 1 N–H and O–H groups in total. The van der Waals surface area contributed by atoms with Crippen molar-refractivity contribution in [2.24, 2.45) is 0 Å². The molecule has 1 aromatic carbocycles. The molecule has 0 bridgehead atoms. The average molecular weight is 282 g/mol. The lowest BCUT2D eigenvalue weighted by atomic mass is 10.1. The van der Waals surface area contributed by atoms with Gasteiger partial charge in [-0.2, -0.15) is 13.2 Å². The molecular formula is C14H13F3N2O. The van der Waals surface area contributed by atoms with Crippen molar-refractivity contribution in [1.29, 1.82) is 0 Å². The first-order valence-electron chi connectivity index (χ1n) is 6.18. The molecule has 0 aliphatic heterocycles. The number of nitrogens with one attached hydrogen (secondary N) is 1. The van der Waals surface area contributed by atoms with E-state index in [1.807, 2.05) is 6.92 Å². The second-order valence-corrected chi connectivity index (χ2v) is 4.40. The van der Waals surface area contributed by atoms with Crippen LogP contribution >= 0.6 is 0 Å². The highest BCUT2D eigenvalue weighted by atomic mass is 19.4. The second kappa shape index (κ2) is 5.48. The molecule has 2 rings (SSSR count). The molecular weight excluding hydrogens is 269 g/mol. The highest BCUT2D eigenvalue weighted by Crippen LogP contribution is 2.30. The van der Waals surface area contributed by atoms with Crippen LogP contribution in [-0.4, -0.2) is 9.97 Å². The van der Waals surface area contributed by atoms with Crippen molar-refractivity contribution in [3.63, 3.8) is 0 Å². The number of aryl methyl sites for hydroxylation is 1. The summed E-state index contributed by atoms with van der Waals surface area (Å²) in [7, 11) is 0. The van der Waals surface area contributed by atoms with Crippen molar-refractivity contribution < 1.29 is 13.2 Å². The molecule has 106 valence electrons. The van der Waals surface area contributed by atoms with Crippen LogP contribution in [0.25, 0.3) is 11.3 Å². The van der Waals surface area contributed by atoms with Crippen LogP contribution in [0.3, 0.4) is 0 Å². The van der Waals surface area contributed by atoms with E-state index in [4.69, 9.17) is 0 Å². The Balaban J connectivity index is 2.39. The summed E-state index contributed by atoms with van der Waals surface area (Å²) in [6.45, 7) is 1.95. The number of halogens is 3. The first kappa shape index (κ1) is 14.3. The van der Waals surface area contributed by atoms with Gasteiger partial charge in [-0.1, -0.05) is 19.1 Å². The number of hydrogen-bond acceptors (Lipinski definition) is 2. The molecule has 3 nitrogen and oxygen atoms in total. The van der Waals surface area contributed by atoms with E-state index in [-0.39, 0.29) is 5.56 Å². The van der Waals surface area contributed by atoms with Gasteiger partial charge in [-0.15, -0.1) is 0 Å². The van der Waals surface area contributed by atoms with E-state index in [0.717, 1.165) is 18.6 Å². The van der Waals surface area contributed by atoms with E-state index in [0.29, 0.717) is 23.5 Å². The molecule has 0 saturated carbocycles. The zero-order chi connectivity index (χ0) is 14.8. The van der Waals surface area contributed by atoms with Crippen LogP contribution in [-0.2, 0) is 12.6 Å². The predicted octanol–water partition coefficient (Wildman–Crippen LogP) is 3.41. The summed E-state index contributed by atoms with van der Waals surface area (Å²) in [6, 6.07) is 5.89. The Kier molecular flexibility index (Phi) is 3.92. The molecule has 6 heteroatoms. The van der Waals surface area contributed by atoms with Crippen molar-refractivity contribution in [1.82, 2.24) is 9.97 Å². The molecule has 1 aromatic heterocycles. The summed E-state index contributed by atoms with van der Waals surface area (Å²) >= 11 is 0. The van der Waals surface area contributed by atoms with Crippen LogP contribution in [0, 0.1) is 0 Å². The molecule has 0 aliphatic rings. The molecule has 0 amide bonds. The van der Waals surface area contributed by atoms with E-state index in [1.54, 1.807) is 0 Å². The van der Waals surface area contributed by atoms with Gasteiger partial charge >= 0.3 is 6.18 Å². The molecule has 0 unspecified atom stereocenters. The van der Waals surface area contributed by atoms with Crippen LogP contribution < -0.4 is 5.56 Å². The summed E-state index contributed by atoms with van der Waals surface area (Å²) < 4.78 is 37.4. The third kappa shape index (κ3) is 3.26. The fourth-order valence-electron chi connectivity index (χ4n) is 1.84. The smallest absolute Gasteiger partial charge is 0.311 e. The molecule has 0 radical (unpaired) electrons.